The van der Waals surface area contributed by atoms with Crippen LogP contribution < -0.4 is 11.1 Å². The molecular formula is C27H23N5O3. The number of benzene rings is 3. The van der Waals surface area contributed by atoms with Gasteiger partial charge in [0.2, 0.25) is 5.91 Å². The first-order chi connectivity index (χ1) is 17.0. The molecule has 0 unspecified atom stereocenters. The molecule has 0 atom stereocenters. The van der Waals surface area contributed by atoms with Crippen molar-refractivity contribution in [3.8, 4) is 16.9 Å². The summed E-state index contributed by atoms with van der Waals surface area (Å²) in [5.41, 5.74) is 2.65. The topological polar surface area (TPSA) is 93.0 Å². The van der Waals surface area contributed by atoms with E-state index in [9.17, 15) is 14.4 Å². The van der Waals surface area contributed by atoms with E-state index in [1.165, 1.54) is 4.90 Å². The number of para-hydroxylation sites is 1. The lowest BCUT2D eigenvalue weighted by Crippen LogP contribution is -2.37. The number of nitrogens with zero attached hydrogens (tertiary/aromatic N) is 4. The summed E-state index contributed by atoms with van der Waals surface area (Å²) in [6.45, 7) is 0.00532. The first kappa shape index (κ1) is 22.1. The van der Waals surface area contributed by atoms with Gasteiger partial charge in [-0.25, -0.2) is 9.36 Å². The molecule has 0 fully saturated rings. The van der Waals surface area contributed by atoms with E-state index in [0.717, 1.165) is 27.2 Å². The van der Waals surface area contributed by atoms with Crippen molar-refractivity contribution in [2.45, 2.75) is 13.1 Å². The molecule has 0 aliphatic rings. The van der Waals surface area contributed by atoms with Crippen LogP contribution in [0.1, 0.15) is 5.56 Å². The lowest BCUT2D eigenvalue weighted by Gasteiger charge is -2.18. The maximum absolute atomic E-state index is 13.1. The van der Waals surface area contributed by atoms with E-state index >= 15 is 0 Å². The number of nitrogens with one attached hydrogen (secondary N) is 1. The van der Waals surface area contributed by atoms with Gasteiger partial charge in [0.05, 0.1) is 22.2 Å². The second kappa shape index (κ2) is 9.26. The number of aromatic amines is 1. The van der Waals surface area contributed by atoms with Crippen molar-refractivity contribution in [2.24, 2.45) is 0 Å². The van der Waals surface area contributed by atoms with Crippen molar-refractivity contribution in [2.75, 3.05) is 7.05 Å². The molecule has 2 aromatic heterocycles. The molecule has 8 nitrogen and oxygen atoms in total. The van der Waals surface area contributed by atoms with Gasteiger partial charge in [-0.3, -0.25) is 19.5 Å². The summed E-state index contributed by atoms with van der Waals surface area (Å²) >= 11 is 0. The molecule has 174 valence electrons. The van der Waals surface area contributed by atoms with E-state index < -0.39 is 11.1 Å². The van der Waals surface area contributed by atoms with Crippen LogP contribution in [0.5, 0.6) is 0 Å². The summed E-state index contributed by atoms with van der Waals surface area (Å²) in [4.78, 5) is 39.8. The molecule has 5 aromatic rings. The van der Waals surface area contributed by atoms with Crippen molar-refractivity contribution in [3.05, 3.63) is 117 Å². The number of carbonyl (C=O) groups excluding carboxylic acids is 1. The first-order valence-electron chi connectivity index (χ1n) is 11.2. The van der Waals surface area contributed by atoms with Gasteiger partial charge in [0.15, 0.2) is 0 Å². The van der Waals surface area contributed by atoms with E-state index in [1.807, 2.05) is 66.9 Å². The third-order valence-corrected chi connectivity index (χ3v) is 5.87. The minimum atomic E-state index is -0.413. The Balaban J connectivity index is 1.44. The van der Waals surface area contributed by atoms with Gasteiger partial charge in [-0.1, -0.05) is 60.7 Å². The molecule has 35 heavy (non-hydrogen) atoms. The lowest BCUT2D eigenvalue weighted by atomic mass is 10.1. The second-order valence-corrected chi connectivity index (χ2v) is 8.28. The molecule has 5 rings (SSSR count). The molecule has 0 saturated heterocycles. The Bertz CT molecular complexity index is 1620. The molecule has 0 saturated carbocycles. The Morgan fingerprint density at radius 2 is 1.51 bits per heavy atom. The van der Waals surface area contributed by atoms with Crippen LogP contribution in [0.25, 0.3) is 27.7 Å². The summed E-state index contributed by atoms with van der Waals surface area (Å²) in [5.74, 6) is -0.315. The van der Waals surface area contributed by atoms with Gasteiger partial charge < -0.3 is 4.90 Å². The van der Waals surface area contributed by atoms with Gasteiger partial charge in [-0.05, 0) is 24.3 Å². The maximum Gasteiger partial charge on any atom is 0.273 e. The standard InChI is InChI=1S/C27H23N5O3/c1-30(24(33)18-32-27(35)23-15-9-8-14-22(23)26(34)29-32)16-20-17-31(21-12-6-3-7-13-21)28-25(20)19-10-4-2-5-11-19/h2-15,17H,16,18H2,1H3,(H,29,34). The monoisotopic (exact) mass is 465 g/mol. The quantitative estimate of drug-likeness (QED) is 0.417. The highest BCUT2D eigenvalue weighted by atomic mass is 16.2. The Hall–Kier alpha value is -4.72. The van der Waals surface area contributed by atoms with E-state index in [2.05, 4.69) is 5.10 Å². The molecule has 8 heteroatoms. The molecule has 0 aliphatic carbocycles. The number of H-pyrrole nitrogens is 1. The van der Waals surface area contributed by atoms with E-state index in [1.54, 1.807) is 36.0 Å². The maximum atomic E-state index is 13.1. The largest absolute Gasteiger partial charge is 0.340 e. The van der Waals surface area contributed by atoms with Crippen molar-refractivity contribution in [1.82, 2.24) is 24.5 Å². The van der Waals surface area contributed by atoms with Crippen molar-refractivity contribution in [3.63, 3.8) is 0 Å². The third-order valence-electron chi connectivity index (χ3n) is 5.87. The van der Waals surface area contributed by atoms with E-state index in [0.29, 0.717) is 5.39 Å². The average Bonchev–Trinajstić information content (AvgIpc) is 3.32. The molecule has 0 radical (unpaired) electrons. The fraction of sp³-hybridized carbons (Fsp3) is 0.111. The van der Waals surface area contributed by atoms with Gasteiger partial charge in [0, 0.05) is 30.9 Å². The Morgan fingerprint density at radius 1 is 0.886 bits per heavy atom. The number of carbonyl (C=O) groups is 1. The number of fused-ring (bicyclic) bond motifs is 1. The number of rotatable bonds is 6. The highest BCUT2D eigenvalue weighted by Crippen LogP contribution is 2.24. The molecule has 3 aromatic carbocycles. The highest BCUT2D eigenvalue weighted by molar-refractivity contribution is 5.81. The molecule has 2 heterocycles. The number of amides is 1. The van der Waals surface area contributed by atoms with Crippen LogP contribution in [0, 0.1) is 0 Å². The van der Waals surface area contributed by atoms with Crippen LogP contribution in [-0.4, -0.2) is 37.4 Å². The number of likely N-dealkylation sites (N-methyl/N-ethyl adjacent to an activating group) is 1. The van der Waals surface area contributed by atoms with Crippen molar-refractivity contribution in [1.29, 1.82) is 0 Å². The SMILES string of the molecule is CN(Cc1cn(-c2ccccc2)nc1-c1ccccc1)C(=O)Cn1[nH]c(=O)c2ccccc2c1=O. The minimum absolute atomic E-state index is 0.275. The summed E-state index contributed by atoms with van der Waals surface area (Å²) in [6, 6.07) is 26.1. The van der Waals surface area contributed by atoms with Gasteiger partial charge in [0.25, 0.3) is 11.1 Å². The molecule has 1 N–H and O–H groups in total. The van der Waals surface area contributed by atoms with E-state index in [-0.39, 0.29) is 24.4 Å². The van der Waals surface area contributed by atoms with Gasteiger partial charge in [-0.2, -0.15) is 5.10 Å². The zero-order chi connectivity index (χ0) is 24.4. The molecular weight excluding hydrogens is 442 g/mol. The fourth-order valence-corrected chi connectivity index (χ4v) is 4.04. The molecule has 0 bridgehead atoms. The summed E-state index contributed by atoms with van der Waals surface area (Å²) in [5, 5.41) is 7.88. The average molecular weight is 466 g/mol. The normalized spacial score (nSPS) is 11.0. The molecule has 0 aliphatic heterocycles. The van der Waals surface area contributed by atoms with Crippen LogP contribution in [0.4, 0.5) is 0 Å². The fourth-order valence-electron chi connectivity index (χ4n) is 4.04. The Labute approximate surface area is 200 Å². The highest BCUT2D eigenvalue weighted by Gasteiger charge is 2.18. The van der Waals surface area contributed by atoms with Gasteiger partial charge in [0.1, 0.15) is 6.54 Å². The number of hydrogen-bond acceptors (Lipinski definition) is 4. The lowest BCUT2D eigenvalue weighted by molar-refractivity contribution is -0.131. The van der Waals surface area contributed by atoms with Crippen LogP contribution in [0.15, 0.2) is 101 Å². The third kappa shape index (κ3) is 4.41. The van der Waals surface area contributed by atoms with E-state index in [4.69, 9.17) is 5.10 Å². The minimum Gasteiger partial charge on any atom is -0.340 e. The molecule has 0 spiro atoms. The van der Waals surface area contributed by atoms with Crippen molar-refractivity contribution < 1.29 is 4.79 Å². The predicted octanol–water partition coefficient (Wildman–Crippen LogP) is 3.20. The van der Waals surface area contributed by atoms with Crippen LogP contribution in [0.2, 0.25) is 0 Å². The zero-order valence-electron chi connectivity index (χ0n) is 19.1. The predicted molar refractivity (Wildman–Crippen MR) is 134 cm³/mol. The van der Waals surface area contributed by atoms with Crippen molar-refractivity contribution >= 4 is 16.7 Å². The van der Waals surface area contributed by atoms with Crippen LogP contribution in [-0.2, 0) is 17.9 Å². The van der Waals surface area contributed by atoms with Crippen LogP contribution >= 0.6 is 0 Å². The number of aromatic nitrogens is 4. The van der Waals surface area contributed by atoms with Crippen LogP contribution in [0.3, 0.4) is 0 Å². The smallest absolute Gasteiger partial charge is 0.273 e. The summed E-state index contributed by atoms with van der Waals surface area (Å²) in [6.07, 6.45) is 1.91. The van der Waals surface area contributed by atoms with Gasteiger partial charge in [-0.15, -0.1) is 0 Å². The summed E-state index contributed by atoms with van der Waals surface area (Å²) in [7, 11) is 1.67. The molecule has 1 amide bonds. The summed E-state index contributed by atoms with van der Waals surface area (Å²) < 4.78 is 2.86. The first-order valence-corrected chi connectivity index (χ1v) is 11.2. The Morgan fingerprint density at radius 3 is 2.23 bits per heavy atom. The second-order valence-electron chi connectivity index (χ2n) is 8.28. The zero-order valence-corrected chi connectivity index (χ0v) is 19.1. The Kier molecular flexibility index (Phi) is 5.85. The van der Waals surface area contributed by atoms with Gasteiger partial charge >= 0.3 is 0 Å². The number of hydrogen-bond donors (Lipinski definition) is 1.